The van der Waals surface area contributed by atoms with Crippen LogP contribution in [0.15, 0.2) is 18.5 Å². The number of nitrogens with zero attached hydrogens (tertiary/aromatic N) is 3. The number of hydrogen-bond acceptors (Lipinski definition) is 3. The number of nitrogens with two attached hydrogens (primary N) is 1. The Morgan fingerprint density at radius 3 is 2.79 bits per heavy atom. The van der Waals surface area contributed by atoms with Crippen molar-refractivity contribution in [3.05, 3.63) is 29.8 Å². The number of aromatic nitrogens is 3. The molecule has 0 saturated heterocycles. The summed E-state index contributed by atoms with van der Waals surface area (Å²) in [4.78, 5) is 12.3. The van der Waals surface area contributed by atoms with Crippen molar-refractivity contribution in [1.29, 1.82) is 0 Å². The number of nitrogens with one attached hydrogen (secondary N) is 1. The van der Waals surface area contributed by atoms with E-state index in [2.05, 4.69) is 10.4 Å². The molecule has 19 heavy (non-hydrogen) atoms. The van der Waals surface area contributed by atoms with Gasteiger partial charge in [0.25, 0.3) is 5.91 Å². The van der Waals surface area contributed by atoms with Crippen LogP contribution in [0.1, 0.15) is 30.0 Å². The summed E-state index contributed by atoms with van der Waals surface area (Å²) in [5.41, 5.74) is 8.50. The lowest BCUT2D eigenvalue weighted by molar-refractivity contribution is 0.101. The summed E-state index contributed by atoms with van der Waals surface area (Å²) in [6.45, 7) is 4.68. The van der Waals surface area contributed by atoms with Crippen molar-refractivity contribution in [3.8, 4) is 0 Å². The predicted molar refractivity (Wildman–Crippen MR) is 75.1 cm³/mol. The van der Waals surface area contributed by atoms with Gasteiger partial charge in [0.05, 0.1) is 17.1 Å². The molecule has 0 aliphatic heterocycles. The van der Waals surface area contributed by atoms with Crippen molar-refractivity contribution in [2.75, 3.05) is 11.1 Å². The summed E-state index contributed by atoms with van der Waals surface area (Å²) in [6.07, 6.45) is 4.34. The molecule has 0 atom stereocenters. The van der Waals surface area contributed by atoms with E-state index < -0.39 is 0 Å². The van der Waals surface area contributed by atoms with Crippen LogP contribution in [0.3, 0.4) is 0 Å². The van der Waals surface area contributed by atoms with E-state index in [1.54, 1.807) is 23.1 Å². The molecule has 1 amide bonds. The lowest BCUT2D eigenvalue weighted by Crippen LogP contribution is -2.16. The van der Waals surface area contributed by atoms with Crippen LogP contribution in [0.2, 0.25) is 0 Å². The van der Waals surface area contributed by atoms with Gasteiger partial charge in [0.2, 0.25) is 0 Å². The van der Waals surface area contributed by atoms with Crippen molar-refractivity contribution in [3.63, 3.8) is 0 Å². The zero-order chi connectivity index (χ0) is 14.0. The van der Waals surface area contributed by atoms with Crippen molar-refractivity contribution in [2.45, 2.75) is 26.8 Å². The molecule has 2 aromatic heterocycles. The number of nitrogen functional groups attached to an aromatic ring is 1. The number of amides is 1. The molecular weight excluding hydrogens is 242 g/mol. The van der Waals surface area contributed by atoms with Crippen molar-refractivity contribution in [1.82, 2.24) is 14.3 Å². The molecule has 0 aromatic carbocycles. The summed E-state index contributed by atoms with van der Waals surface area (Å²) in [5.74, 6) is -0.166. The van der Waals surface area contributed by atoms with Gasteiger partial charge in [-0.3, -0.25) is 9.48 Å². The number of rotatable bonds is 4. The second-order valence-electron chi connectivity index (χ2n) is 4.42. The van der Waals surface area contributed by atoms with E-state index in [4.69, 9.17) is 5.73 Å². The van der Waals surface area contributed by atoms with Crippen molar-refractivity contribution >= 4 is 17.3 Å². The predicted octanol–water partition coefficient (Wildman–Crippen LogP) is 1.64. The fourth-order valence-corrected chi connectivity index (χ4v) is 2.07. The van der Waals surface area contributed by atoms with Crippen LogP contribution in [0.25, 0.3) is 0 Å². The summed E-state index contributed by atoms with van der Waals surface area (Å²) >= 11 is 0. The van der Waals surface area contributed by atoms with Gasteiger partial charge in [-0.25, -0.2) is 0 Å². The van der Waals surface area contributed by atoms with Gasteiger partial charge in [-0.2, -0.15) is 5.10 Å². The van der Waals surface area contributed by atoms with Crippen molar-refractivity contribution in [2.24, 2.45) is 7.05 Å². The Morgan fingerprint density at radius 2 is 2.16 bits per heavy atom. The number of carbonyl (C=O) groups is 1. The second kappa shape index (κ2) is 5.17. The Balaban J connectivity index is 2.25. The first-order valence-corrected chi connectivity index (χ1v) is 6.34. The maximum absolute atomic E-state index is 12.3. The highest BCUT2D eigenvalue weighted by atomic mass is 16.2. The molecule has 0 saturated carbocycles. The van der Waals surface area contributed by atoms with E-state index in [1.165, 1.54) is 0 Å². The van der Waals surface area contributed by atoms with Gasteiger partial charge in [-0.05, 0) is 19.4 Å². The first kappa shape index (κ1) is 13.2. The third-order valence-electron chi connectivity index (χ3n) is 2.98. The van der Waals surface area contributed by atoms with E-state index in [-0.39, 0.29) is 5.91 Å². The van der Waals surface area contributed by atoms with Crippen molar-refractivity contribution < 1.29 is 4.79 Å². The fraction of sp³-hybridized carbons (Fsp3) is 0.385. The maximum atomic E-state index is 12.3. The minimum absolute atomic E-state index is 0.166. The Labute approximate surface area is 112 Å². The third-order valence-corrected chi connectivity index (χ3v) is 2.98. The maximum Gasteiger partial charge on any atom is 0.272 e. The topological polar surface area (TPSA) is 77.9 Å². The summed E-state index contributed by atoms with van der Waals surface area (Å²) < 4.78 is 3.52. The molecular formula is C13H19N5O. The molecule has 0 aliphatic rings. The number of anilines is 2. The lowest BCUT2D eigenvalue weighted by Gasteiger charge is -2.07. The van der Waals surface area contributed by atoms with Crippen LogP contribution in [-0.2, 0) is 20.0 Å². The molecule has 0 aliphatic carbocycles. The van der Waals surface area contributed by atoms with Crippen LogP contribution in [0.5, 0.6) is 0 Å². The van der Waals surface area contributed by atoms with Crippen LogP contribution in [-0.4, -0.2) is 20.3 Å². The van der Waals surface area contributed by atoms with E-state index >= 15 is 0 Å². The molecule has 0 unspecified atom stereocenters. The monoisotopic (exact) mass is 261 g/mol. The molecule has 3 N–H and O–H groups in total. The molecule has 0 radical (unpaired) electrons. The first-order chi connectivity index (χ1) is 9.05. The first-order valence-electron chi connectivity index (χ1n) is 6.34. The quantitative estimate of drug-likeness (QED) is 0.878. The minimum Gasteiger partial charge on any atom is -0.397 e. The number of carbonyl (C=O) groups excluding carboxylic acids is 1. The largest absolute Gasteiger partial charge is 0.397 e. The van der Waals surface area contributed by atoms with Gasteiger partial charge in [0, 0.05) is 26.0 Å². The zero-order valence-corrected chi connectivity index (χ0v) is 11.5. The Morgan fingerprint density at radius 1 is 1.42 bits per heavy atom. The summed E-state index contributed by atoms with van der Waals surface area (Å²) in [7, 11) is 1.83. The molecule has 0 bridgehead atoms. The highest BCUT2D eigenvalue weighted by Crippen LogP contribution is 2.17. The van der Waals surface area contributed by atoms with E-state index in [0.29, 0.717) is 17.9 Å². The van der Waals surface area contributed by atoms with Gasteiger partial charge in [0.1, 0.15) is 5.69 Å². The molecule has 2 rings (SSSR count). The highest BCUT2D eigenvalue weighted by Gasteiger charge is 2.15. The smallest absolute Gasteiger partial charge is 0.272 e. The van der Waals surface area contributed by atoms with E-state index in [9.17, 15) is 4.79 Å². The third kappa shape index (κ3) is 2.62. The van der Waals surface area contributed by atoms with Gasteiger partial charge >= 0.3 is 0 Å². The molecule has 6 nitrogen and oxygen atoms in total. The second-order valence-corrected chi connectivity index (χ2v) is 4.42. The lowest BCUT2D eigenvalue weighted by atomic mass is 10.3. The average molecular weight is 261 g/mol. The van der Waals surface area contributed by atoms with Crippen LogP contribution >= 0.6 is 0 Å². The highest BCUT2D eigenvalue weighted by molar-refractivity contribution is 6.04. The normalized spacial score (nSPS) is 10.7. The average Bonchev–Trinajstić information content (AvgIpc) is 2.92. The molecule has 0 fully saturated rings. The molecule has 2 heterocycles. The van der Waals surface area contributed by atoms with Crippen LogP contribution < -0.4 is 11.1 Å². The van der Waals surface area contributed by atoms with Crippen LogP contribution in [0, 0.1) is 0 Å². The molecule has 6 heteroatoms. The summed E-state index contributed by atoms with van der Waals surface area (Å²) in [6, 6.07) is 1.68. The van der Waals surface area contributed by atoms with Crippen LogP contribution in [0.4, 0.5) is 11.4 Å². The molecule has 0 spiro atoms. The van der Waals surface area contributed by atoms with E-state index in [0.717, 1.165) is 17.8 Å². The molecule has 2 aromatic rings. The Bertz CT molecular complexity index is 596. The number of hydrogen-bond donors (Lipinski definition) is 2. The minimum atomic E-state index is -0.166. The fourth-order valence-electron chi connectivity index (χ4n) is 2.07. The van der Waals surface area contributed by atoms with Gasteiger partial charge in [-0.15, -0.1) is 0 Å². The Kier molecular flexibility index (Phi) is 3.59. The SMILES string of the molecule is CCc1nn(C)cc1NC(=O)c1cc(N)cn1CC. The van der Waals surface area contributed by atoms with Gasteiger partial charge in [-0.1, -0.05) is 6.92 Å². The van der Waals surface area contributed by atoms with Gasteiger partial charge in [0.15, 0.2) is 0 Å². The van der Waals surface area contributed by atoms with E-state index in [1.807, 2.05) is 25.5 Å². The number of aryl methyl sites for hydroxylation is 3. The summed E-state index contributed by atoms with van der Waals surface area (Å²) in [5, 5.41) is 7.18. The molecule has 102 valence electrons. The standard InChI is InChI=1S/C13H19N5O/c1-4-10-11(8-17(3)16-10)15-13(19)12-6-9(14)7-18(12)5-2/h6-8H,4-5,14H2,1-3H3,(H,15,19). The van der Waals surface area contributed by atoms with Gasteiger partial charge < -0.3 is 15.6 Å². The Hall–Kier alpha value is -2.24. The zero-order valence-electron chi connectivity index (χ0n) is 11.5.